The predicted molar refractivity (Wildman–Crippen MR) is 87.6 cm³/mol. The van der Waals surface area contributed by atoms with E-state index in [0.717, 1.165) is 5.56 Å². The molecule has 0 fully saturated rings. The molecule has 1 heterocycles. The van der Waals surface area contributed by atoms with Crippen LogP contribution in [0.1, 0.15) is 33.3 Å². The molecule has 0 saturated carbocycles. The molecule has 0 bridgehead atoms. The minimum Gasteiger partial charge on any atom is -0.493 e. The Morgan fingerprint density at radius 2 is 1.57 bits per heavy atom. The second-order valence-electron chi connectivity index (χ2n) is 5.75. The van der Waals surface area contributed by atoms with Crippen LogP contribution >= 0.6 is 0 Å². The Hall–Kier alpha value is -2.44. The molecule has 2 rings (SSSR count). The van der Waals surface area contributed by atoms with E-state index in [0.29, 0.717) is 17.3 Å². The number of amides is 2. The van der Waals surface area contributed by atoms with E-state index in [1.807, 2.05) is 33.8 Å². The van der Waals surface area contributed by atoms with E-state index >= 15 is 0 Å². The largest absolute Gasteiger partial charge is 0.493 e. The number of carbonyl (C=O) groups is 1. The zero-order valence-electron chi connectivity index (χ0n) is 14.4. The van der Waals surface area contributed by atoms with Crippen molar-refractivity contribution in [3.8, 4) is 11.5 Å². The van der Waals surface area contributed by atoms with E-state index < -0.39 is 0 Å². The molecule has 0 spiro atoms. The summed E-state index contributed by atoms with van der Waals surface area (Å²) in [7, 11) is 3.16. The van der Waals surface area contributed by atoms with Crippen molar-refractivity contribution < 1.29 is 14.3 Å². The van der Waals surface area contributed by atoms with Crippen LogP contribution in [0.4, 0.5) is 4.79 Å². The van der Waals surface area contributed by atoms with Crippen molar-refractivity contribution in [2.45, 2.75) is 39.8 Å². The zero-order chi connectivity index (χ0) is 17.1. The van der Waals surface area contributed by atoms with Gasteiger partial charge in [-0.05, 0) is 45.9 Å². The summed E-state index contributed by atoms with van der Waals surface area (Å²) in [6, 6.07) is 5.09. The Balaban J connectivity index is 2.44. The van der Waals surface area contributed by atoms with Gasteiger partial charge in [0, 0.05) is 5.56 Å². The number of hydrogen-bond acceptors (Lipinski definition) is 4. The molecular weight excluding hydrogens is 296 g/mol. The van der Waals surface area contributed by atoms with Crippen molar-refractivity contribution in [2.75, 3.05) is 14.2 Å². The van der Waals surface area contributed by atoms with Crippen LogP contribution < -0.4 is 14.9 Å². The highest BCUT2D eigenvalue weighted by molar-refractivity contribution is 6.01. The van der Waals surface area contributed by atoms with Crippen molar-refractivity contribution in [3.63, 3.8) is 0 Å². The molecule has 0 N–H and O–H groups in total. The highest BCUT2D eigenvalue weighted by Gasteiger charge is 2.33. The third-order valence-electron chi connectivity index (χ3n) is 3.42. The number of benzene rings is 1. The maximum atomic E-state index is 12.4. The van der Waals surface area contributed by atoms with Gasteiger partial charge in [-0.25, -0.2) is 14.8 Å². The number of hydrazone groups is 1. The van der Waals surface area contributed by atoms with Gasteiger partial charge in [-0.2, -0.15) is 0 Å². The molecule has 0 aliphatic carbocycles. The molecule has 0 aromatic heterocycles. The molecule has 7 nitrogen and oxygen atoms in total. The van der Waals surface area contributed by atoms with Crippen molar-refractivity contribution in [1.29, 1.82) is 0 Å². The fourth-order valence-electron chi connectivity index (χ4n) is 2.18. The van der Waals surface area contributed by atoms with Gasteiger partial charge in [0.05, 0.1) is 26.3 Å². The highest BCUT2D eigenvalue weighted by Crippen LogP contribution is 2.28. The van der Waals surface area contributed by atoms with Crippen LogP contribution in [0, 0.1) is 0 Å². The van der Waals surface area contributed by atoms with E-state index in [9.17, 15) is 4.79 Å². The third-order valence-corrected chi connectivity index (χ3v) is 3.42. The Morgan fingerprint density at radius 3 is 2.09 bits per heavy atom. The van der Waals surface area contributed by atoms with Crippen LogP contribution in [0.2, 0.25) is 0 Å². The van der Waals surface area contributed by atoms with Gasteiger partial charge in [-0.3, -0.25) is 0 Å². The van der Waals surface area contributed by atoms with Gasteiger partial charge in [0.15, 0.2) is 17.3 Å². The first kappa shape index (κ1) is 16.9. The molecule has 1 aliphatic rings. The highest BCUT2D eigenvalue weighted by atomic mass is 16.5. The molecule has 1 aliphatic heterocycles. The number of urea groups is 1. The molecule has 1 aromatic rings. The molecule has 7 heteroatoms. The first-order valence-electron chi connectivity index (χ1n) is 7.54. The summed E-state index contributed by atoms with van der Waals surface area (Å²) in [5.74, 6) is 1.69. The number of methoxy groups -OCH3 is 2. The van der Waals surface area contributed by atoms with Crippen LogP contribution in [0.15, 0.2) is 23.3 Å². The molecule has 23 heavy (non-hydrogen) atoms. The molecular formula is C16H23N4O3. The summed E-state index contributed by atoms with van der Waals surface area (Å²) in [4.78, 5) is 12.4. The van der Waals surface area contributed by atoms with Crippen molar-refractivity contribution in [3.05, 3.63) is 23.8 Å². The number of amidine groups is 1. The Kier molecular flexibility index (Phi) is 4.98. The number of carbonyl (C=O) groups excluding carboxylic acids is 1. The van der Waals surface area contributed by atoms with E-state index in [4.69, 9.17) is 9.47 Å². The SMILES string of the molecule is COc1ccc(C2=NN(C(C)C)C(=O)N(C(C)C)[N]2)cc1OC. The Morgan fingerprint density at radius 1 is 0.957 bits per heavy atom. The lowest BCUT2D eigenvalue weighted by molar-refractivity contribution is 0.104. The van der Waals surface area contributed by atoms with Gasteiger partial charge in [-0.1, -0.05) is 0 Å². The first-order chi connectivity index (χ1) is 10.9. The molecule has 125 valence electrons. The van der Waals surface area contributed by atoms with Crippen LogP contribution in [0.5, 0.6) is 11.5 Å². The molecule has 0 unspecified atom stereocenters. The summed E-state index contributed by atoms with van der Waals surface area (Å²) >= 11 is 0. The van der Waals surface area contributed by atoms with Gasteiger partial charge in [0.25, 0.3) is 0 Å². The van der Waals surface area contributed by atoms with Crippen LogP contribution in [0.3, 0.4) is 0 Å². The van der Waals surface area contributed by atoms with Gasteiger partial charge in [-0.15, -0.1) is 10.5 Å². The standard InChI is InChI=1S/C16H23N4O3/c1-10(2)19-16(21)20(11(3)4)18-15(17-19)12-7-8-13(22-5)14(9-12)23-6/h7-11H,1-6H3. The summed E-state index contributed by atoms with van der Waals surface area (Å²) in [6.45, 7) is 7.66. The summed E-state index contributed by atoms with van der Waals surface area (Å²) in [5, 5.41) is 7.28. The topological polar surface area (TPSA) is 68.5 Å². The number of hydrogen-bond donors (Lipinski definition) is 0. The fraction of sp³-hybridized carbons (Fsp3) is 0.500. The quantitative estimate of drug-likeness (QED) is 0.837. The minimum absolute atomic E-state index is 0.0607. The summed E-state index contributed by atoms with van der Waals surface area (Å²) in [6.07, 6.45) is 0. The fourth-order valence-corrected chi connectivity index (χ4v) is 2.18. The van der Waals surface area contributed by atoms with Crippen molar-refractivity contribution >= 4 is 11.9 Å². The Labute approximate surface area is 136 Å². The molecule has 0 saturated heterocycles. The van der Waals surface area contributed by atoms with E-state index in [2.05, 4.69) is 10.5 Å². The van der Waals surface area contributed by atoms with E-state index in [1.54, 1.807) is 26.4 Å². The van der Waals surface area contributed by atoms with Crippen molar-refractivity contribution in [1.82, 2.24) is 15.4 Å². The minimum atomic E-state index is -0.223. The van der Waals surface area contributed by atoms with Crippen LogP contribution in [-0.2, 0) is 0 Å². The molecule has 2 amide bonds. The van der Waals surface area contributed by atoms with Gasteiger partial charge in [0.1, 0.15) is 0 Å². The zero-order valence-corrected chi connectivity index (χ0v) is 14.4. The smallest absolute Gasteiger partial charge is 0.361 e. The monoisotopic (exact) mass is 319 g/mol. The first-order valence-corrected chi connectivity index (χ1v) is 7.54. The second-order valence-corrected chi connectivity index (χ2v) is 5.75. The van der Waals surface area contributed by atoms with Gasteiger partial charge in [0.2, 0.25) is 0 Å². The average molecular weight is 319 g/mol. The van der Waals surface area contributed by atoms with Gasteiger partial charge < -0.3 is 9.47 Å². The van der Waals surface area contributed by atoms with Crippen LogP contribution in [0.25, 0.3) is 0 Å². The normalized spacial score (nSPS) is 15.0. The Bertz CT molecular complexity index is 613. The van der Waals surface area contributed by atoms with Crippen LogP contribution in [-0.4, -0.2) is 48.2 Å². The lowest BCUT2D eigenvalue weighted by Gasteiger charge is -2.35. The lowest BCUT2D eigenvalue weighted by atomic mass is 10.2. The van der Waals surface area contributed by atoms with Crippen molar-refractivity contribution in [2.24, 2.45) is 5.10 Å². The summed E-state index contributed by atoms with van der Waals surface area (Å²) < 4.78 is 10.6. The number of ether oxygens (including phenoxy) is 2. The average Bonchev–Trinajstić information content (AvgIpc) is 2.53. The summed E-state index contributed by atoms with van der Waals surface area (Å²) in [5.41, 5.74) is 5.15. The maximum absolute atomic E-state index is 12.4. The second kappa shape index (κ2) is 6.76. The number of nitrogens with zero attached hydrogens (tertiary/aromatic N) is 4. The maximum Gasteiger partial charge on any atom is 0.361 e. The molecule has 1 aromatic carbocycles. The van der Waals surface area contributed by atoms with E-state index in [1.165, 1.54) is 10.0 Å². The lowest BCUT2D eigenvalue weighted by Crippen LogP contribution is -2.56. The third kappa shape index (κ3) is 3.33. The van der Waals surface area contributed by atoms with E-state index in [-0.39, 0.29) is 18.1 Å². The van der Waals surface area contributed by atoms with Gasteiger partial charge >= 0.3 is 6.03 Å². The number of rotatable bonds is 5. The predicted octanol–water partition coefficient (Wildman–Crippen LogP) is 2.44. The molecule has 1 radical (unpaired) electrons. The molecule has 0 atom stereocenters.